The highest BCUT2D eigenvalue weighted by molar-refractivity contribution is 7.17. The summed E-state index contributed by atoms with van der Waals surface area (Å²) in [6.45, 7) is 5.32. The van der Waals surface area contributed by atoms with Gasteiger partial charge in [-0.1, -0.05) is 29.8 Å². The predicted octanol–water partition coefficient (Wildman–Crippen LogP) is 3.65. The summed E-state index contributed by atoms with van der Waals surface area (Å²) in [4.78, 5) is 51.8. The van der Waals surface area contributed by atoms with Gasteiger partial charge in [0.15, 0.2) is 0 Å². The maximum Gasteiger partial charge on any atom is 0.340 e. The van der Waals surface area contributed by atoms with Gasteiger partial charge in [0.2, 0.25) is 5.91 Å². The number of carbonyl (C=O) groups is 2. The molecule has 34 heavy (non-hydrogen) atoms. The minimum absolute atomic E-state index is 0.201. The number of fused-ring (bicyclic) bond motifs is 1. The molecular formula is C25H23N3O5S. The van der Waals surface area contributed by atoms with Gasteiger partial charge in [-0.25, -0.2) is 14.2 Å². The first kappa shape index (κ1) is 23.2. The van der Waals surface area contributed by atoms with Crippen LogP contribution in [0.25, 0.3) is 15.9 Å². The number of aryl methyl sites for hydroxylation is 2. The summed E-state index contributed by atoms with van der Waals surface area (Å²) in [5.41, 5.74) is 2.09. The van der Waals surface area contributed by atoms with Crippen LogP contribution in [0.5, 0.6) is 0 Å². The molecular weight excluding hydrogens is 454 g/mol. The number of benzene rings is 2. The molecule has 2 aromatic carbocycles. The van der Waals surface area contributed by atoms with E-state index >= 15 is 0 Å². The van der Waals surface area contributed by atoms with Gasteiger partial charge in [0.05, 0.1) is 29.1 Å². The maximum absolute atomic E-state index is 13.5. The van der Waals surface area contributed by atoms with Crippen molar-refractivity contribution in [1.82, 2.24) is 9.13 Å². The molecule has 9 heteroatoms. The number of hydrogen-bond acceptors (Lipinski definition) is 6. The molecule has 0 aliphatic heterocycles. The lowest BCUT2D eigenvalue weighted by molar-refractivity contribution is -0.116. The number of ether oxygens (including phenoxy) is 1. The Morgan fingerprint density at radius 1 is 1.06 bits per heavy atom. The van der Waals surface area contributed by atoms with Crippen LogP contribution in [-0.2, 0) is 16.1 Å². The molecule has 174 valence electrons. The molecule has 2 heterocycles. The Hall–Kier alpha value is -3.98. The summed E-state index contributed by atoms with van der Waals surface area (Å²) in [5.74, 6) is -1.07. The van der Waals surface area contributed by atoms with Crippen molar-refractivity contribution in [3.8, 4) is 5.69 Å². The average molecular weight is 478 g/mol. The first-order valence-electron chi connectivity index (χ1n) is 10.7. The predicted molar refractivity (Wildman–Crippen MR) is 132 cm³/mol. The van der Waals surface area contributed by atoms with E-state index in [9.17, 15) is 19.2 Å². The monoisotopic (exact) mass is 477 g/mol. The molecule has 0 radical (unpaired) electrons. The lowest BCUT2D eigenvalue weighted by atomic mass is 10.1. The Kier molecular flexibility index (Phi) is 6.47. The van der Waals surface area contributed by atoms with E-state index in [1.807, 2.05) is 26.0 Å². The largest absolute Gasteiger partial charge is 0.462 e. The quantitative estimate of drug-likeness (QED) is 0.428. The van der Waals surface area contributed by atoms with E-state index in [0.29, 0.717) is 15.9 Å². The fraction of sp³-hybridized carbons (Fsp3) is 0.200. The van der Waals surface area contributed by atoms with E-state index in [2.05, 4.69) is 5.32 Å². The zero-order valence-electron chi connectivity index (χ0n) is 19.0. The van der Waals surface area contributed by atoms with E-state index in [1.54, 1.807) is 48.7 Å². The van der Waals surface area contributed by atoms with Gasteiger partial charge in [-0.05, 0) is 56.0 Å². The minimum Gasteiger partial charge on any atom is -0.462 e. The van der Waals surface area contributed by atoms with Crippen molar-refractivity contribution in [1.29, 1.82) is 0 Å². The molecule has 4 rings (SSSR count). The van der Waals surface area contributed by atoms with Crippen LogP contribution in [0.15, 0.2) is 63.5 Å². The number of thiophene rings is 1. The van der Waals surface area contributed by atoms with Gasteiger partial charge in [0.1, 0.15) is 11.2 Å². The second-order valence-electron chi connectivity index (χ2n) is 7.75. The molecule has 0 bridgehead atoms. The van der Waals surface area contributed by atoms with Gasteiger partial charge in [-0.3, -0.25) is 14.2 Å². The minimum atomic E-state index is -0.614. The zero-order valence-corrected chi connectivity index (χ0v) is 19.8. The molecule has 0 spiro atoms. The van der Waals surface area contributed by atoms with Crippen LogP contribution in [0.3, 0.4) is 0 Å². The number of hydrogen-bond donors (Lipinski definition) is 1. The Balaban J connectivity index is 1.76. The number of nitrogens with one attached hydrogen (secondary N) is 1. The van der Waals surface area contributed by atoms with Crippen molar-refractivity contribution in [3.63, 3.8) is 0 Å². The molecule has 0 aliphatic rings. The first-order chi connectivity index (χ1) is 16.3. The molecule has 0 saturated carbocycles. The van der Waals surface area contributed by atoms with Gasteiger partial charge in [-0.15, -0.1) is 11.3 Å². The molecule has 8 nitrogen and oxygen atoms in total. The number of para-hydroxylation sites is 1. The summed E-state index contributed by atoms with van der Waals surface area (Å²) in [7, 11) is 0. The molecule has 1 N–H and O–H groups in total. The Morgan fingerprint density at radius 3 is 2.56 bits per heavy atom. The van der Waals surface area contributed by atoms with Gasteiger partial charge in [-0.2, -0.15) is 0 Å². The highest BCUT2D eigenvalue weighted by Gasteiger charge is 2.20. The van der Waals surface area contributed by atoms with E-state index < -0.39 is 23.1 Å². The summed E-state index contributed by atoms with van der Waals surface area (Å²) < 4.78 is 7.80. The number of rotatable bonds is 6. The smallest absolute Gasteiger partial charge is 0.340 e. The van der Waals surface area contributed by atoms with E-state index in [0.717, 1.165) is 15.7 Å². The zero-order chi connectivity index (χ0) is 24.4. The van der Waals surface area contributed by atoms with Crippen LogP contribution >= 0.6 is 11.3 Å². The third-order valence-electron chi connectivity index (χ3n) is 5.35. The summed E-state index contributed by atoms with van der Waals surface area (Å²) >= 11 is 1.21. The molecule has 0 atom stereocenters. The molecule has 0 aliphatic carbocycles. The molecule has 1 amide bonds. The van der Waals surface area contributed by atoms with Crippen LogP contribution in [0.1, 0.15) is 28.4 Å². The standard InChI is InChI=1S/C25H23N3O5S/c1-4-33-24(31)17-7-5-6-8-18(17)26-21(29)14-27-20-11-12-34-22(20)23(30)28(25(27)32)19-10-9-15(2)13-16(19)3/h5-13H,4,14H2,1-3H3,(H,26,29). The molecule has 0 fully saturated rings. The topological polar surface area (TPSA) is 99.4 Å². The third-order valence-corrected chi connectivity index (χ3v) is 6.24. The lowest BCUT2D eigenvalue weighted by Crippen LogP contribution is -2.40. The van der Waals surface area contributed by atoms with Crippen molar-refractivity contribution in [2.24, 2.45) is 0 Å². The fourth-order valence-corrected chi connectivity index (χ4v) is 4.65. The Bertz CT molecular complexity index is 1530. The van der Waals surface area contributed by atoms with Crippen molar-refractivity contribution in [2.75, 3.05) is 11.9 Å². The summed E-state index contributed by atoms with van der Waals surface area (Å²) in [5, 5.41) is 4.40. The number of carbonyl (C=O) groups excluding carboxylic acids is 2. The second kappa shape index (κ2) is 9.48. The Morgan fingerprint density at radius 2 is 1.82 bits per heavy atom. The van der Waals surface area contributed by atoms with Crippen LogP contribution in [0.4, 0.5) is 5.69 Å². The Labute approximate surface area is 199 Å². The van der Waals surface area contributed by atoms with E-state index in [4.69, 9.17) is 4.74 Å². The van der Waals surface area contributed by atoms with Crippen LogP contribution in [0, 0.1) is 13.8 Å². The first-order valence-corrected chi connectivity index (χ1v) is 11.6. The molecule has 0 saturated heterocycles. The average Bonchev–Trinajstić information content (AvgIpc) is 3.29. The number of anilines is 1. The van der Waals surface area contributed by atoms with Gasteiger partial charge in [0.25, 0.3) is 5.56 Å². The van der Waals surface area contributed by atoms with Crippen molar-refractivity contribution < 1.29 is 14.3 Å². The van der Waals surface area contributed by atoms with Crippen molar-refractivity contribution in [2.45, 2.75) is 27.3 Å². The number of esters is 1. The molecule has 4 aromatic rings. The fourth-order valence-electron chi connectivity index (χ4n) is 3.82. The normalized spacial score (nSPS) is 10.9. The summed E-state index contributed by atoms with van der Waals surface area (Å²) in [6.07, 6.45) is 0. The van der Waals surface area contributed by atoms with Gasteiger partial charge in [0, 0.05) is 0 Å². The number of nitrogens with zero attached hydrogens (tertiary/aromatic N) is 2. The van der Waals surface area contributed by atoms with Gasteiger partial charge < -0.3 is 10.1 Å². The van der Waals surface area contributed by atoms with Crippen LogP contribution in [-0.4, -0.2) is 27.6 Å². The highest BCUT2D eigenvalue weighted by Crippen LogP contribution is 2.20. The van der Waals surface area contributed by atoms with Crippen LogP contribution in [0.2, 0.25) is 0 Å². The summed E-state index contributed by atoms with van der Waals surface area (Å²) in [6, 6.07) is 13.6. The highest BCUT2D eigenvalue weighted by atomic mass is 32.1. The maximum atomic E-state index is 13.5. The second-order valence-corrected chi connectivity index (χ2v) is 8.66. The van der Waals surface area contributed by atoms with Crippen molar-refractivity contribution in [3.05, 3.63) is 91.4 Å². The third kappa shape index (κ3) is 4.29. The number of aromatic nitrogens is 2. The van der Waals surface area contributed by atoms with E-state index in [-0.39, 0.29) is 24.4 Å². The SMILES string of the molecule is CCOC(=O)c1ccccc1NC(=O)Cn1c(=O)n(-c2ccc(C)cc2C)c(=O)c2sccc21. The molecule has 0 unspecified atom stereocenters. The van der Waals surface area contributed by atoms with Crippen molar-refractivity contribution >= 4 is 39.1 Å². The molecule has 2 aromatic heterocycles. The number of amides is 1. The lowest BCUT2D eigenvalue weighted by Gasteiger charge is -2.15. The van der Waals surface area contributed by atoms with Gasteiger partial charge >= 0.3 is 11.7 Å². The van der Waals surface area contributed by atoms with Crippen LogP contribution < -0.4 is 16.6 Å². The van der Waals surface area contributed by atoms with E-state index in [1.165, 1.54) is 15.9 Å².